The van der Waals surface area contributed by atoms with E-state index in [1.54, 1.807) is 25.3 Å². The van der Waals surface area contributed by atoms with Crippen molar-refractivity contribution in [3.63, 3.8) is 0 Å². The van der Waals surface area contributed by atoms with Gasteiger partial charge in [0.1, 0.15) is 5.82 Å². The normalized spacial score (nSPS) is 13.3. The number of methoxy groups -OCH3 is 1. The molecule has 3 aromatic rings. The number of hydrogen-bond donors (Lipinski definition) is 1. The molecule has 0 unspecified atom stereocenters. The molecule has 1 amide bonds. The van der Waals surface area contributed by atoms with Crippen LogP contribution in [-0.4, -0.2) is 34.4 Å². The Bertz CT molecular complexity index is 1030. The Morgan fingerprint density at radius 3 is 2.67 bits per heavy atom. The highest BCUT2D eigenvalue weighted by atomic mass is 16.5. The van der Waals surface area contributed by atoms with Gasteiger partial charge < -0.3 is 19.4 Å². The van der Waals surface area contributed by atoms with Crippen LogP contribution in [0.2, 0.25) is 0 Å². The molecule has 1 aliphatic rings. The van der Waals surface area contributed by atoms with Gasteiger partial charge in [-0.1, -0.05) is 6.42 Å². The van der Waals surface area contributed by atoms with Gasteiger partial charge in [0.05, 0.1) is 13.7 Å². The van der Waals surface area contributed by atoms with Gasteiger partial charge in [-0.05, 0) is 62.2 Å². The lowest BCUT2D eigenvalue weighted by molar-refractivity contribution is 0.102. The van der Waals surface area contributed by atoms with Gasteiger partial charge >= 0.3 is 0 Å². The van der Waals surface area contributed by atoms with Gasteiger partial charge in [0.15, 0.2) is 17.3 Å². The average molecular weight is 406 g/mol. The van der Waals surface area contributed by atoms with Crippen molar-refractivity contribution in [2.75, 3.05) is 19.0 Å². The highest BCUT2D eigenvalue weighted by Gasteiger charge is 2.16. The molecule has 0 saturated heterocycles. The number of carbonyl (C=O) groups excluding carboxylic acids is 1. The van der Waals surface area contributed by atoms with Gasteiger partial charge in [0.25, 0.3) is 5.91 Å². The van der Waals surface area contributed by atoms with E-state index in [0.29, 0.717) is 29.4 Å². The van der Waals surface area contributed by atoms with Crippen LogP contribution in [0.15, 0.2) is 42.5 Å². The molecule has 0 bridgehead atoms. The summed E-state index contributed by atoms with van der Waals surface area (Å²) in [4.78, 5) is 12.7. The van der Waals surface area contributed by atoms with E-state index < -0.39 is 0 Å². The molecule has 0 atom stereocenters. The molecular formula is C23H26N4O3. The third kappa shape index (κ3) is 4.15. The maximum atomic E-state index is 12.7. The third-order valence-electron chi connectivity index (χ3n) is 5.24. The minimum atomic E-state index is -0.206. The van der Waals surface area contributed by atoms with Crippen molar-refractivity contribution in [1.82, 2.24) is 14.8 Å². The Morgan fingerprint density at radius 1 is 1.07 bits per heavy atom. The van der Waals surface area contributed by atoms with E-state index in [2.05, 4.69) is 20.1 Å². The van der Waals surface area contributed by atoms with Crippen molar-refractivity contribution in [3.8, 4) is 22.9 Å². The minimum Gasteiger partial charge on any atom is -0.493 e. The number of nitrogens with zero attached hydrogens (tertiary/aromatic N) is 3. The smallest absolute Gasteiger partial charge is 0.255 e. The van der Waals surface area contributed by atoms with Gasteiger partial charge in [-0.25, -0.2) is 0 Å². The molecule has 0 spiro atoms. The summed E-state index contributed by atoms with van der Waals surface area (Å²) < 4.78 is 13.1. The van der Waals surface area contributed by atoms with E-state index in [4.69, 9.17) is 9.47 Å². The number of aryl methyl sites for hydroxylation is 1. The SMILES string of the molecule is CCOc1cc(C(=O)Nc2ccc(-c3nnc4n3CCCCC4)cc2)ccc1OC. The van der Waals surface area contributed by atoms with Crippen molar-refractivity contribution >= 4 is 11.6 Å². The lowest BCUT2D eigenvalue weighted by Crippen LogP contribution is -2.12. The van der Waals surface area contributed by atoms with E-state index in [0.717, 1.165) is 36.6 Å². The molecule has 30 heavy (non-hydrogen) atoms. The van der Waals surface area contributed by atoms with E-state index in [1.165, 1.54) is 12.8 Å². The van der Waals surface area contributed by atoms with Gasteiger partial charge in [-0.3, -0.25) is 4.79 Å². The molecule has 0 radical (unpaired) electrons. The van der Waals surface area contributed by atoms with Crippen molar-refractivity contribution in [1.29, 1.82) is 0 Å². The Balaban J connectivity index is 1.50. The molecule has 2 heterocycles. The molecule has 1 aliphatic heterocycles. The third-order valence-corrected chi connectivity index (χ3v) is 5.24. The summed E-state index contributed by atoms with van der Waals surface area (Å²) in [6, 6.07) is 12.9. The quantitative estimate of drug-likeness (QED) is 0.659. The van der Waals surface area contributed by atoms with E-state index in [-0.39, 0.29) is 5.91 Å². The maximum Gasteiger partial charge on any atom is 0.255 e. The van der Waals surface area contributed by atoms with Crippen LogP contribution in [-0.2, 0) is 13.0 Å². The first kappa shape index (κ1) is 19.9. The Labute approximate surface area is 176 Å². The molecule has 2 aromatic carbocycles. The number of fused-ring (bicyclic) bond motifs is 1. The first-order valence-electron chi connectivity index (χ1n) is 10.3. The van der Waals surface area contributed by atoms with Crippen LogP contribution >= 0.6 is 0 Å². The zero-order valence-electron chi connectivity index (χ0n) is 17.4. The molecule has 1 aromatic heterocycles. The first-order valence-corrected chi connectivity index (χ1v) is 10.3. The summed E-state index contributed by atoms with van der Waals surface area (Å²) in [5.41, 5.74) is 2.22. The minimum absolute atomic E-state index is 0.206. The monoisotopic (exact) mass is 406 g/mol. The molecule has 7 heteroatoms. The van der Waals surface area contributed by atoms with E-state index in [1.807, 2.05) is 31.2 Å². The van der Waals surface area contributed by atoms with Crippen LogP contribution in [0.3, 0.4) is 0 Å². The number of carbonyl (C=O) groups is 1. The summed E-state index contributed by atoms with van der Waals surface area (Å²) in [5.74, 6) is 2.90. The summed E-state index contributed by atoms with van der Waals surface area (Å²) >= 11 is 0. The zero-order valence-corrected chi connectivity index (χ0v) is 17.4. The fourth-order valence-corrected chi connectivity index (χ4v) is 3.69. The number of aromatic nitrogens is 3. The lowest BCUT2D eigenvalue weighted by Gasteiger charge is -2.12. The second kappa shape index (κ2) is 8.98. The van der Waals surface area contributed by atoms with Crippen molar-refractivity contribution < 1.29 is 14.3 Å². The molecule has 0 aliphatic carbocycles. The maximum absolute atomic E-state index is 12.7. The Kier molecular flexibility index (Phi) is 5.97. The molecular weight excluding hydrogens is 380 g/mol. The molecule has 0 saturated carbocycles. The highest BCUT2D eigenvalue weighted by molar-refractivity contribution is 6.04. The number of amides is 1. The predicted molar refractivity (Wildman–Crippen MR) is 115 cm³/mol. The van der Waals surface area contributed by atoms with Crippen LogP contribution in [0.4, 0.5) is 5.69 Å². The van der Waals surface area contributed by atoms with Crippen molar-refractivity contribution in [2.45, 2.75) is 39.2 Å². The number of ether oxygens (including phenoxy) is 2. The topological polar surface area (TPSA) is 78.3 Å². The Hall–Kier alpha value is -3.35. The van der Waals surface area contributed by atoms with E-state index >= 15 is 0 Å². The second-order valence-electron chi connectivity index (χ2n) is 7.23. The number of hydrogen-bond acceptors (Lipinski definition) is 5. The fraction of sp³-hybridized carbons (Fsp3) is 0.348. The van der Waals surface area contributed by atoms with Crippen molar-refractivity contribution in [2.24, 2.45) is 0 Å². The van der Waals surface area contributed by atoms with E-state index in [9.17, 15) is 4.79 Å². The molecule has 0 fully saturated rings. The summed E-state index contributed by atoms with van der Waals surface area (Å²) in [7, 11) is 1.58. The van der Waals surface area contributed by atoms with Gasteiger partial charge in [-0.15, -0.1) is 10.2 Å². The van der Waals surface area contributed by atoms with Crippen LogP contribution in [0, 0.1) is 0 Å². The summed E-state index contributed by atoms with van der Waals surface area (Å²) in [5, 5.41) is 11.7. The molecule has 156 valence electrons. The average Bonchev–Trinajstić information content (AvgIpc) is 3.02. The van der Waals surface area contributed by atoms with Crippen molar-refractivity contribution in [3.05, 3.63) is 53.9 Å². The fourth-order valence-electron chi connectivity index (χ4n) is 3.69. The summed E-state index contributed by atoms with van der Waals surface area (Å²) in [6.45, 7) is 3.34. The van der Waals surface area contributed by atoms with Crippen LogP contribution < -0.4 is 14.8 Å². The molecule has 7 nitrogen and oxygen atoms in total. The number of rotatable bonds is 6. The first-order chi connectivity index (χ1) is 14.7. The number of nitrogens with one attached hydrogen (secondary N) is 1. The van der Waals surface area contributed by atoms with Gasteiger partial charge in [0.2, 0.25) is 0 Å². The number of benzene rings is 2. The lowest BCUT2D eigenvalue weighted by atomic mass is 10.1. The molecule has 4 rings (SSSR count). The Morgan fingerprint density at radius 2 is 1.90 bits per heavy atom. The largest absolute Gasteiger partial charge is 0.493 e. The van der Waals surface area contributed by atoms with Gasteiger partial charge in [0, 0.05) is 29.8 Å². The summed E-state index contributed by atoms with van der Waals surface area (Å²) in [6.07, 6.45) is 4.52. The second-order valence-corrected chi connectivity index (χ2v) is 7.23. The highest BCUT2D eigenvalue weighted by Crippen LogP contribution is 2.29. The zero-order chi connectivity index (χ0) is 20.9. The van der Waals surface area contributed by atoms with Crippen LogP contribution in [0.5, 0.6) is 11.5 Å². The number of anilines is 1. The van der Waals surface area contributed by atoms with Crippen LogP contribution in [0.25, 0.3) is 11.4 Å². The molecule has 1 N–H and O–H groups in total. The predicted octanol–water partition coefficient (Wildman–Crippen LogP) is 4.33. The van der Waals surface area contributed by atoms with Crippen LogP contribution in [0.1, 0.15) is 42.4 Å². The standard InChI is InChI=1S/C23H26N4O3/c1-3-30-20-15-17(10-13-19(20)29-2)23(28)24-18-11-8-16(9-12-18)22-26-25-21-7-5-4-6-14-27(21)22/h8-13,15H,3-7,14H2,1-2H3,(H,24,28). The van der Waals surface area contributed by atoms with Gasteiger partial charge in [-0.2, -0.15) is 0 Å².